The van der Waals surface area contributed by atoms with Crippen molar-refractivity contribution in [1.29, 1.82) is 0 Å². The quantitative estimate of drug-likeness (QED) is 0.566. The number of benzene rings is 1. The number of piperidine rings is 1. The molecule has 0 spiro atoms. The molecule has 1 saturated heterocycles. The predicted molar refractivity (Wildman–Crippen MR) is 134 cm³/mol. The highest BCUT2D eigenvalue weighted by atomic mass is 19.1. The van der Waals surface area contributed by atoms with Crippen LogP contribution in [0.5, 0.6) is 5.75 Å². The Morgan fingerprint density at radius 2 is 2.00 bits per heavy atom. The number of aliphatic hydroxyl groups is 1. The molecule has 2 N–H and O–H groups in total. The lowest BCUT2D eigenvalue weighted by molar-refractivity contribution is -0.125. The van der Waals surface area contributed by atoms with Crippen molar-refractivity contribution < 1.29 is 19.0 Å². The van der Waals surface area contributed by atoms with E-state index in [0.29, 0.717) is 18.9 Å². The Labute approximate surface area is 206 Å². The second kappa shape index (κ2) is 12.1. The van der Waals surface area contributed by atoms with Gasteiger partial charge in [-0.15, -0.1) is 0 Å². The van der Waals surface area contributed by atoms with Crippen molar-refractivity contribution in [2.24, 2.45) is 11.8 Å². The summed E-state index contributed by atoms with van der Waals surface area (Å²) in [4.78, 5) is 23.2. The van der Waals surface area contributed by atoms with E-state index in [1.807, 2.05) is 24.5 Å². The summed E-state index contributed by atoms with van der Waals surface area (Å²) in [6.07, 6.45) is 10.7. The minimum Gasteiger partial charge on any atom is -0.490 e. The van der Waals surface area contributed by atoms with E-state index in [-0.39, 0.29) is 36.5 Å². The third-order valence-corrected chi connectivity index (χ3v) is 6.97. The van der Waals surface area contributed by atoms with E-state index < -0.39 is 0 Å². The number of aliphatic hydroxyl groups excluding tert-OH is 1. The molecule has 35 heavy (non-hydrogen) atoms. The fourth-order valence-electron chi connectivity index (χ4n) is 4.68. The first kappa shape index (κ1) is 25.1. The number of carbonyl (C=O) groups excluding carboxylic acids is 1. The number of amides is 1. The number of ether oxygens (including phenoxy) is 1. The SMILES string of the molecule is CCc1cnc(N2CCC(COc3ccc(C4=CCC(C(=O)NCCO)CC4)cc3F)CC2)nc1. The Balaban J connectivity index is 1.25. The molecule has 1 unspecified atom stereocenters. The number of halogens is 1. The number of hydrogen-bond donors (Lipinski definition) is 2. The van der Waals surface area contributed by atoms with Crippen molar-refractivity contribution in [3.05, 3.63) is 53.6 Å². The summed E-state index contributed by atoms with van der Waals surface area (Å²) in [5, 5.41) is 11.6. The summed E-state index contributed by atoms with van der Waals surface area (Å²) in [5.41, 5.74) is 3.03. The maximum atomic E-state index is 14.8. The van der Waals surface area contributed by atoms with Gasteiger partial charge in [0.25, 0.3) is 0 Å². The van der Waals surface area contributed by atoms with Crippen LogP contribution < -0.4 is 15.0 Å². The monoisotopic (exact) mass is 482 g/mol. The van der Waals surface area contributed by atoms with Crippen molar-refractivity contribution in [3.63, 3.8) is 0 Å². The minimum absolute atomic E-state index is 0.0305. The van der Waals surface area contributed by atoms with Gasteiger partial charge in [0.2, 0.25) is 11.9 Å². The van der Waals surface area contributed by atoms with Gasteiger partial charge in [0.15, 0.2) is 11.6 Å². The molecule has 8 heteroatoms. The molecule has 1 aromatic heterocycles. The standard InChI is InChI=1S/C27H35FN4O3/c1-2-19-16-30-27(31-17-19)32-12-9-20(10-13-32)18-35-25-8-7-23(15-24(25)28)21-3-5-22(6-4-21)26(34)29-11-14-33/h3,7-8,15-17,20,22,33H,2,4-6,9-14,18H2,1H3,(H,29,34). The Morgan fingerprint density at radius 1 is 1.23 bits per heavy atom. The van der Waals surface area contributed by atoms with Crippen molar-refractivity contribution in [2.75, 3.05) is 37.7 Å². The zero-order valence-electron chi connectivity index (χ0n) is 20.4. The minimum atomic E-state index is -0.354. The van der Waals surface area contributed by atoms with Gasteiger partial charge < -0.3 is 20.1 Å². The fourth-order valence-corrected chi connectivity index (χ4v) is 4.68. The van der Waals surface area contributed by atoms with Crippen LogP contribution in [0, 0.1) is 17.7 Å². The fraction of sp³-hybridized carbons (Fsp3) is 0.519. The molecule has 2 heterocycles. The van der Waals surface area contributed by atoms with Gasteiger partial charge >= 0.3 is 0 Å². The summed E-state index contributed by atoms with van der Waals surface area (Å²) in [6.45, 7) is 4.54. The molecule has 1 aliphatic carbocycles. The van der Waals surface area contributed by atoms with Crippen molar-refractivity contribution in [2.45, 2.75) is 45.4 Å². The third kappa shape index (κ3) is 6.57. The van der Waals surface area contributed by atoms with Crippen molar-refractivity contribution in [1.82, 2.24) is 15.3 Å². The summed E-state index contributed by atoms with van der Waals surface area (Å²) in [6, 6.07) is 5.15. The van der Waals surface area contributed by atoms with E-state index in [0.717, 1.165) is 67.8 Å². The Bertz CT molecular complexity index is 1020. The molecule has 2 aliphatic rings. The van der Waals surface area contributed by atoms with E-state index in [9.17, 15) is 9.18 Å². The molecule has 1 aliphatic heterocycles. The Morgan fingerprint density at radius 3 is 2.63 bits per heavy atom. The number of nitrogens with zero attached hydrogens (tertiary/aromatic N) is 3. The number of rotatable bonds is 9. The lowest BCUT2D eigenvalue weighted by Gasteiger charge is -2.31. The lowest BCUT2D eigenvalue weighted by atomic mass is 9.86. The summed E-state index contributed by atoms with van der Waals surface area (Å²) >= 11 is 0. The average molecular weight is 483 g/mol. The third-order valence-electron chi connectivity index (χ3n) is 6.97. The molecule has 1 amide bonds. The molecule has 1 atom stereocenters. The average Bonchev–Trinajstić information content (AvgIpc) is 2.91. The molecule has 1 aromatic carbocycles. The van der Waals surface area contributed by atoms with Gasteiger partial charge in [-0.2, -0.15) is 0 Å². The maximum absolute atomic E-state index is 14.8. The van der Waals surface area contributed by atoms with E-state index in [1.54, 1.807) is 6.07 Å². The van der Waals surface area contributed by atoms with E-state index >= 15 is 0 Å². The molecular weight excluding hydrogens is 447 g/mol. The first-order valence-corrected chi connectivity index (χ1v) is 12.6. The molecule has 0 bridgehead atoms. The van der Waals surface area contributed by atoms with Crippen LogP contribution in [0.1, 0.15) is 50.2 Å². The molecule has 2 aromatic rings. The molecule has 1 fully saturated rings. The first-order valence-electron chi connectivity index (χ1n) is 12.6. The van der Waals surface area contributed by atoms with E-state index in [2.05, 4.69) is 27.1 Å². The molecule has 4 rings (SSSR count). The number of carbonyl (C=O) groups is 1. The summed E-state index contributed by atoms with van der Waals surface area (Å²) in [5.74, 6) is 0.955. The van der Waals surface area contributed by atoms with Crippen LogP contribution in [-0.4, -0.2) is 53.8 Å². The van der Waals surface area contributed by atoms with E-state index in [4.69, 9.17) is 9.84 Å². The van der Waals surface area contributed by atoms with Gasteiger partial charge in [0, 0.05) is 37.9 Å². The molecular formula is C27H35FN4O3. The normalized spacial score (nSPS) is 18.8. The first-order chi connectivity index (χ1) is 17.1. The van der Waals surface area contributed by atoms with Crippen molar-refractivity contribution in [3.8, 4) is 5.75 Å². The second-order valence-corrected chi connectivity index (χ2v) is 9.35. The Kier molecular flexibility index (Phi) is 8.69. The second-order valence-electron chi connectivity index (χ2n) is 9.35. The topological polar surface area (TPSA) is 87.6 Å². The smallest absolute Gasteiger partial charge is 0.225 e. The van der Waals surface area contributed by atoms with Crippen LogP contribution in [-0.2, 0) is 11.2 Å². The molecule has 0 saturated carbocycles. The number of nitrogens with one attached hydrogen (secondary N) is 1. The maximum Gasteiger partial charge on any atom is 0.225 e. The van der Waals surface area contributed by atoms with Crippen LogP contribution >= 0.6 is 0 Å². The van der Waals surface area contributed by atoms with Crippen LogP contribution in [0.4, 0.5) is 10.3 Å². The van der Waals surface area contributed by atoms with Gasteiger partial charge in [0.05, 0.1) is 13.2 Å². The van der Waals surface area contributed by atoms with Gasteiger partial charge in [-0.05, 0) is 73.3 Å². The summed E-state index contributed by atoms with van der Waals surface area (Å²) in [7, 11) is 0. The number of allylic oxidation sites excluding steroid dienone is 2. The van der Waals surface area contributed by atoms with Crippen LogP contribution in [0.15, 0.2) is 36.7 Å². The van der Waals surface area contributed by atoms with Gasteiger partial charge in [-0.3, -0.25) is 4.79 Å². The number of hydrogen-bond acceptors (Lipinski definition) is 6. The predicted octanol–water partition coefficient (Wildman–Crippen LogP) is 3.77. The van der Waals surface area contributed by atoms with Gasteiger partial charge in [0.1, 0.15) is 0 Å². The van der Waals surface area contributed by atoms with Crippen LogP contribution in [0.2, 0.25) is 0 Å². The van der Waals surface area contributed by atoms with Crippen LogP contribution in [0.25, 0.3) is 5.57 Å². The molecule has 188 valence electrons. The highest BCUT2D eigenvalue weighted by Gasteiger charge is 2.24. The Hall–Kier alpha value is -3.00. The molecule has 7 nitrogen and oxygen atoms in total. The largest absolute Gasteiger partial charge is 0.490 e. The molecule has 0 radical (unpaired) electrons. The van der Waals surface area contributed by atoms with E-state index in [1.165, 1.54) is 6.07 Å². The summed E-state index contributed by atoms with van der Waals surface area (Å²) < 4.78 is 20.6. The number of aryl methyl sites for hydroxylation is 1. The zero-order chi connectivity index (χ0) is 24.6. The van der Waals surface area contributed by atoms with Gasteiger partial charge in [-0.25, -0.2) is 14.4 Å². The van der Waals surface area contributed by atoms with Gasteiger partial charge in [-0.1, -0.05) is 19.1 Å². The number of aromatic nitrogens is 2. The lowest BCUT2D eigenvalue weighted by Crippen LogP contribution is -2.36. The van der Waals surface area contributed by atoms with Crippen molar-refractivity contribution >= 4 is 17.4 Å². The number of anilines is 1. The zero-order valence-corrected chi connectivity index (χ0v) is 20.4. The highest BCUT2D eigenvalue weighted by Crippen LogP contribution is 2.32. The van der Waals surface area contributed by atoms with Crippen LogP contribution in [0.3, 0.4) is 0 Å². The highest BCUT2D eigenvalue weighted by molar-refractivity contribution is 5.80.